The van der Waals surface area contributed by atoms with Crippen LogP contribution in [0.1, 0.15) is 49.3 Å². The van der Waals surface area contributed by atoms with Crippen LogP contribution in [-0.2, 0) is 16.0 Å². The third-order valence-electron chi connectivity index (χ3n) is 6.90. The molecule has 4 aromatic rings. The third kappa shape index (κ3) is 7.54. The first-order chi connectivity index (χ1) is 21.0. The van der Waals surface area contributed by atoms with Gasteiger partial charge in [0.2, 0.25) is 11.8 Å². The highest BCUT2D eigenvalue weighted by Crippen LogP contribution is 2.34. The molecule has 1 fully saturated rings. The minimum atomic E-state index is -4.76. The van der Waals surface area contributed by atoms with Gasteiger partial charge in [-0.15, -0.1) is 18.3 Å². The zero-order chi connectivity index (χ0) is 31.4. The first kappa shape index (κ1) is 31.0. The maximum atomic E-state index is 12.8. The van der Waals surface area contributed by atoms with E-state index in [4.69, 9.17) is 0 Å². The summed E-state index contributed by atoms with van der Waals surface area (Å²) in [4.78, 5) is 35.9. The van der Waals surface area contributed by atoms with Crippen molar-refractivity contribution in [2.45, 2.75) is 52.3 Å². The van der Waals surface area contributed by atoms with Crippen LogP contribution in [0.2, 0.25) is 0 Å². The maximum absolute atomic E-state index is 12.8. The molecule has 5 rings (SSSR count). The van der Waals surface area contributed by atoms with Crippen LogP contribution in [0, 0.1) is 6.92 Å². The standard InChI is InChI=1S/C32H30F3N5O3S/c1-20(2)26-15-10-21(3)16-27(26)40-29(42)18-44-31(40)37-28(41)9-5-7-22-6-4-8-23(17-22)30-36-19-39(38-30)24-11-13-25(14-12-24)43-32(33,34)35/h4,6,8,10-17,19-20H,5,7,9,18H2,1-3H3. The van der Waals surface area contributed by atoms with Gasteiger partial charge in [-0.3, -0.25) is 14.5 Å². The van der Waals surface area contributed by atoms with Crippen LogP contribution in [0.3, 0.4) is 0 Å². The van der Waals surface area contributed by atoms with Crippen molar-refractivity contribution in [3.8, 4) is 22.8 Å². The van der Waals surface area contributed by atoms with Crippen molar-refractivity contribution in [2.24, 2.45) is 4.99 Å². The number of aryl methyl sites for hydroxylation is 2. The number of ether oxygens (including phenoxy) is 1. The number of nitrogens with zero attached hydrogens (tertiary/aromatic N) is 5. The highest BCUT2D eigenvalue weighted by Gasteiger charge is 2.32. The number of carbonyl (C=O) groups is 2. The largest absolute Gasteiger partial charge is 0.573 e. The minimum Gasteiger partial charge on any atom is -0.406 e. The summed E-state index contributed by atoms with van der Waals surface area (Å²) < 4.78 is 42.7. The van der Waals surface area contributed by atoms with Gasteiger partial charge in [0, 0.05) is 12.0 Å². The van der Waals surface area contributed by atoms with Crippen LogP contribution in [-0.4, -0.2) is 43.9 Å². The van der Waals surface area contributed by atoms with Gasteiger partial charge in [-0.2, -0.15) is 4.99 Å². The molecule has 228 valence electrons. The van der Waals surface area contributed by atoms with Gasteiger partial charge in [0.15, 0.2) is 11.0 Å². The lowest BCUT2D eigenvalue weighted by atomic mass is 9.99. The summed E-state index contributed by atoms with van der Waals surface area (Å²) in [5, 5.41) is 4.87. The molecule has 2 amide bonds. The molecule has 1 saturated heterocycles. The molecule has 1 aromatic heterocycles. The zero-order valence-corrected chi connectivity index (χ0v) is 25.2. The smallest absolute Gasteiger partial charge is 0.406 e. The molecular formula is C32H30F3N5O3S. The minimum absolute atomic E-state index is 0.0885. The summed E-state index contributed by atoms with van der Waals surface area (Å²) in [5.41, 5.74) is 5.11. The van der Waals surface area contributed by atoms with Gasteiger partial charge < -0.3 is 4.74 Å². The fourth-order valence-corrected chi connectivity index (χ4v) is 5.69. The van der Waals surface area contributed by atoms with E-state index in [2.05, 4.69) is 33.7 Å². The maximum Gasteiger partial charge on any atom is 0.573 e. The molecule has 0 radical (unpaired) electrons. The molecule has 12 heteroatoms. The van der Waals surface area contributed by atoms with E-state index in [0.29, 0.717) is 29.5 Å². The van der Waals surface area contributed by atoms with Crippen molar-refractivity contribution >= 4 is 34.4 Å². The summed E-state index contributed by atoms with van der Waals surface area (Å²) in [6.07, 6.45) is -1.87. The summed E-state index contributed by atoms with van der Waals surface area (Å²) in [6, 6.07) is 19.0. The van der Waals surface area contributed by atoms with Gasteiger partial charge in [-0.25, -0.2) is 9.67 Å². The number of amidine groups is 1. The number of aliphatic imine (C=N–C) groups is 1. The molecule has 0 unspecified atom stereocenters. The van der Waals surface area contributed by atoms with Crippen LogP contribution in [0.25, 0.3) is 17.1 Å². The van der Waals surface area contributed by atoms with Gasteiger partial charge in [0.25, 0.3) is 0 Å². The molecule has 0 N–H and O–H groups in total. The SMILES string of the molecule is Cc1ccc(C(C)C)c(N2C(=O)CSC2=NC(=O)CCCc2cccc(-c3ncn(-c4ccc(OC(F)(F)F)cc4)n3)c2)c1. The molecule has 1 aliphatic heterocycles. The molecular weight excluding hydrogens is 591 g/mol. The summed E-state index contributed by atoms with van der Waals surface area (Å²) >= 11 is 1.28. The van der Waals surface area contributed by atoms with Gasteiger partial charge >= 0.3 is 6.36 Å². The van der Waals surface area contributed by atoms with Gasteiger partial charge in [-0.05, 0) is 78.8 Å². The Morgan fingerprint density at radius 1 is 1.09 bits per heavy atom. The van der Waals surface area contributed by atoms with Crippen molar-refractivity contribution in [3.63, 3.8) is 0 Å². The van der Waals surface area contributed by atoms with Crippen LogP contribution >= 0.6 is 11.8 Å². The van der Waals surface area contributed by atoms with Crippen molar-refractivity contribution in [3.05, 3.63) is 89.7 Å². The second-order valence-electron chi connectivity index (χ2n) is 10.6. The number of hydrogen-bond acceptors (Lipinski definition) is 6. The number of benzene rings is 3. The summed E-state index contributed by atoms with van der Waals surface area (Å²) in [5.74, 6) is 0.201. The van der Waals surface area contributed by atoms with E-state index in [1.807, 2.05) is 49.4 Å². The first-order valence-electron chi connectivity index (χ1n) is 14.0. The topological polar surface area (TPSA) is 89.7 Å². The predicted molar refractivity (Wildman–Crippen MR) is 164 cm³/mol. The molecule has 1 aliphatic rings. The number of hydrogen-bond donors (Lipinski definition) is 0. The fraction of sp³-hybridized carbons (Fsp3) is 0.281. The van der Waals surface area contributed by atoms with Gasteiger partial charge in [-0.1, -0.05) is 55.9 Å². The lowest BCUT2D eigenvalue weighted by molar-refractivity contribution is -0.274. The number of aromatic nitrogens is 3. The third-order valence-corrected chi connectivity index (χ3v) is 7.83. The molecule has 0 atom stereocenters. The Balaban J connectivity index is 1.21. The molecule has 2 heterocycles. The fourth-order valence-electron chi connectivity index (χ4n) is 4.81. The number of anilines is 1. The Hall–Kier alpha value is -4.45. The van der Waals surface area contributed by atoms with Crippen molar-refractivity contribution in [1.29, 1.82) is 0 Å². The van der Waals surface area contributed by atoms with Crippen molar-refractivity contribution in [2.75, 3.05) is 10.7 Å². The quantitative estimate of drug-likeness (QED) is 0.196. The van der Waals surface area contributed by atoms with E-state index in [1.54, 1.807) is 4.90 Å². The number of carbonyl (C=O) groups excluding carboxylic acids is 2. The Morgan fingerprint density at radius 3 is 2.59 bits per heavy atom. The number of amides is 2. The van der Waals surface area contributed by atoms with E-state index in [9.17, 15) is 22.8 Å². The second kappa shape index (κ2) is 13.0. The van der Waals surface area contributed by atoms with E-state index in [-0.39, 0.29) is 35.7 Å². The van der Waals surface area contributed by atoms with Gasteiger partial charge in [0.05, 0.1) is 17.1 Å². The van der Waals surface area contributed by atoms with E-state index >= 15 is 0 Å². The van der Waals surface area contributed by atoms with Crippen LogP contribution in [0.5, 0.6) is 5.75 Å². The molecule has 0 spiro atoms. The van der Waals surface area contributed by atoms with E-state index in [1.165, 1.54) is 47.0 Å². The predicted octanol–water partition coefficient (Wildman–Crippen LogP) is 7.25. The Kier molecular flexibility index (Phi) is 9.19. The van der Waals surface area contributed by atoms with E-state index in [0.717, 1.165) is 27.9 Å². The molecule has 44 heavy (non-hydrogen) atoms. The number of halogens is 3. The Labute approximate surface area is 257 Å². The average Bonchev–Trinajstić information content (AvgIpc) is 3.60. The molecule has 0 saturated carbocycles. The normalized spacial score (nSPS) is 14.6. The zero-order valence-electron chi connectivity index (χ0n) is 24.3. The number of alkyl halides is 3. The molecule has 8 nitrogen and oxygen atoms in total. The van der Waals surface area contributed by atoms with E-state index < -0.39 is 6.36 Å². The second-order valence-corrected chi connectivity index (χ2v) is 11.6. The first-order valence-corrected chi connectivity index (χ1v) is 15.0. The lowest BCUT2D eigenvalue weighted by Gasteiger charge is -2.22. The molecule has 0 bridgehead atoms. The Bertz CT molecular complexity index is 1700. The van der Waals surface area contributed by atoms with Gasteiger partial charge in [0.1, 0.15) is 12.1 Å². The van der Waals surface area contributed by atoms with Crippen LogP contribution < -0.4 is 9.64 Å². The Morgan fingerprint density at radius 2 is 1.86 bits per heavy atom. The summed E-state index contributed by atoms with van der Waals surface area (Å²) in [7, 11) is 0. The average molecular weight is 622 g/mol. The highest BCUT2D eigenvalue weighted by molar-refractivity contribution is 8.15. The molecule has 0 aliphatic carbocycles. The molecule has 3 aromatic carbocycles. The lowest BCUT2D eigenvalue weighted by Crippen LogP contribution is -2.31. The number of thioether (sulfide) groups is 1. The highest BCUT2D eigenvalue weighted by atomic mass is 32.2. The van der Waals surface area contributed by atoms with Crippen molar-refractivity contribution < 1.29 is 27.5 Å². The number of rotatable bonds is 9. The van der Waals surface area contributed by atoms with Crippen LogP contribution in [0.15, 0.2) is 78.0 Å². The summed E-state index contributed by atoms with van der Waals surface area (Å²) in [6.45, 7) is 6.11. The van der Waals surface area contributed by atoms with Crippen molar-refractivity contribution in [1.82, 2.24) is 14.8 Å². The van der Waals surface area contributed by atoms with Crippen LogP contribution in [0.4, 0.5) is 18.9 Å². The monoisotopic (exact) mass is 621 g/mol.